The molecule has 272 valence electrons. The highest BCUT2D eigenvalue weighted by Gasteiger charge is 2.95. The van der Waals surface area contributed by atoms with Gasteiger partial charge in [-0.05, 0) is 19.9 Å². The molecule has 0 radical (unpaired) electrons. The van der Waals surface area contributed by atoms with E-state index in [0.717, 1.165) is 31.3 Å². The average Bonchev–Trinajstić information content (AvgIpc) is 3.20. The van der Waals surface area contributed by atoms with Gasteiger partial charge in [-0.3, -0.25) is 9.59 Å². The number of allylic oxidation sites excluding steroid dienone is 1. The van der Waals surface area contributed by atoms with Crippen molar-refractivity contribution in [3.05, 3.63) is 23.7 Å². The fourth-order valence-corrected chi connectivity index (χ4v) is 6.08. The molecule has 0 unspecified atom stereocenters. The van der Waals surface area contributed by atoms with Gasteiger partial charge in [0.25, 0.3) is 0 Å². The second kappa shape index (κ2) is 12.1. The molecule has 0 aromatic rings. The molecule has 23 heteroatoms. The van der Waals surface area contributed by atoms with Crippen LogP contribution in [0.25, 0.3) is 0 Å². The lowest BCUT2D eigenvalue weighted by atomic mass is 9.79. The maximum absolute atomic E-state index is 14.5. The maximum Gasteiger partial charge on any atom is 0.460 e. The summed E-state index contributed by atoms with van der Waals surface area (Å²) in [5.74, 6) is -61.3. The van der Waals surface area contributed by atoms with Crippen molar-refractivity contribution in [2.75, 3.05) is 26.5 Å². The van der Waals surface area contributed by atoms with Gasteiger partial charge in [0, 0.05) is 24.8 Å². The van der Waals surface area contributed by atoms with Crippen molar-refractivity contribution in [3.63, 3.8) is 0 Å². The molecule has 1 saturated heterocycles. The zero-order chi connectivity index (χ0) is 37.2. The molecule has 1 heterocycles. The van der Waals surface area contributed by atoms with E-state index in [1.807, 2.05) is 0 Å². The minimum atomic E-state index is -8.72. The van der Waals surface area contributed by atoms with Gasteiger partial charge >= 0.3 is 47.6 Å². The van der Waals surface area contributed by atoms with Crippen LogP contribution >= 0.6 is 11.8 Å². The molecule has 1 fully saturated rings. The van der Waals surface area contributed by atoms with Crippen LogP contribution in [0.3, 0.4) is 0 Å². The molecule has 1 amide bonds. The summed E-state index contributed by atoms with van der Waals surface area (Å²) < 4.78 is 241. The highest BCUT2D eigenvalue weighted by Crippen LogP contribution is 2.64. The van der Waals surface area contributed by atoms with Crippen molar-refractivity contribution in [2.24, 2.45) is 5.41 Å². The number of carbonyl (C=O) groups is 2. The molecule has 2 rings (SSSR count). The van der Waals surface area contributed by atoms with Crippen molar-refractivity contribution < 1.29 is 93.7 Å². The Balaban J connectivity index is 2.49. The number of hydrogen-bond donors (Lipinski definition) is 0. The Kier molecular flexibility index (Phi) is 10.4. The lowest BCUT2D eigenvalue weighted by Gasteiger charge is -2.42. The molecule has 0 aromatic heterocycles. The predicted octanol–water partition coefficient (Wildman–Crippen LogP) is 7.37. The van der Waals surface area contributed by atoms with Crippen LogP contribution in [-0.2, 0) is 19.1 Å². The van der Waals surface area contributed by atoms with Crippen molar-refractivity contribution in [2.45, 2.75) is 79.2 Å². The van der Waals surface area contributed by atoms with Crippen LogP contribution in [0.15, 0.2) is 23.7 Å². The predicted molar refractivity (Wildman–Crippen MR) is 126 cm³/mol. The molecule has 5 nitrogen and oxygen atoms in total. The summed E-state index contributed by atoms with van der Waals surface area (Å²) in [6.07, 6.45) is -8.65. The van der Waals surface area contributed by atoms with Gasteiger partial charge < -0.3 is 14.4 Å². The van der Waals surface area contributed by atoms with E-state index in [0.29, 0.717) is 0 Å². The number of carbonyl (C=O) groups excluding carboxylic acids is 2. The molecule has 47 heavy (non-hydrogen) atoms. The van der Waals surface area contributed by atoms with E-state index in [4.69, 9.17) is 9.47 Å². The molecule has 0 aromatic carbocycles. The van der Waals surface area contributed by atoms with Crippen LogP contribution in [0.2, 0.25) is 0 Å². The van der Waals surface area contributed by atoms with E-state index in [-0.39, 0.29) is 24.1 Å². The number of alkyl halides is 17. The maximum atomic E-state index is 14.5. The first-order valence-corrected chi connectivity index (χ1v) is 13.6. The summed E-state index contributed by atoms with van der Waals surface area (Å²) in [6.45, 7) is 2.51. The van der Waals surface area contributed by atoms with Crippen LogP contribution < -0.4 is 0 Å². The van der Waals surface area contributed by atoms with Crippen LogP contribution in [0.5, 0.6) is 0 Å². The first-order valence-electron chi connectivity index (χ1n) is 12.5. The highest BCUT2D eigenvalue weighted by atomic mass is 32.2. The molecule has 0 saturated carbocycles. The number of ether oxygens (including phenoxy) is 2. The third-order valence-electron chi connectivity index (χ3n) is 7.31. The van der Waals surface area contributed by atoms with Crippen LogP contribution in [0.4, 0.5) is 74.6 Å². The number of nitrogens with zero attached hydrogens (tertiary/aromatic N) is 1. The minimum absolute atomic E-state index is 0.0330. The fourth-order valence-electron chi connectivity index (χ4n) is 4.64. The number of ketones is 1. The van der Waals surface area contributed by atoms with E-state index < -0.39 is 94.0 Å². The highest BCUT2D eigenvalue weighted by molar-refractivity contribution is 8.00. The second-order valence-corrected chi connectivity index (χ2v) is 11.7. The van der Waals surface area contributed by atoms with Crippen molar-refractivity contribution >= 4 is 23.5 Å². The summed E-state index contributed by atoms with van der Waals surface area (Å²) in [6, 6.07) is -0.670. The Hall–Kier alpha value is -2.62. The number of hydrogen-bond acceptors (Lipinski definition) is 5. The zero-order valence-corrected chi connectivity index (χ0v) is 24.7. The van der Waals surface area contributed by atoms with Crippen molar-refractivity contribution in [1.29, 1.82) is 0 Å². The van der Waals surface area contributed by atoms with Crippen molar-refractivity contribution in [1.82, 2.24) is 4.90 Å². The van der Waals surface area contributed by atoms with Gasteiger partial charge in [-0.1, -0.05) is 6.08 Å². The number of thioether (sulfide) groups is 1. The van der Waals surface area contributed by atoms with E-state index in [9.17, 15) is 84.2 Å². The first-order chi connectivity index (χ1) is 20.8. The van der Waals surface area contributed by atoms with E-state index in [2.05, 4.69) is 0 Å². The molecule has 2 aliphatic rings. The summed E-state index contributed by atoms with van der Waals surface area (Å²) in [4.78, 5) is 26.5. The number of likely N-dealkylation sites (tertiary alicyclic amines) is 1. The Bertz CT molecular complexity index is 1290. The normalized spacial score (nSPS) is 22.7. The van der Waals surface area contributed by atoms with Gasteiger partial charge in [-0.15, -0.1) is 11.8 Å². The van der Waals surface area contributed by atoms with Gasteiger partial charge in [0.15, 0.2) is 5.76 Å². The largest absolute Gasteiger partial charge is 0.496 e. The molecular weight excluding hydrogens is 721 g/mol. The van der Waals surface area contributed by atoms with Gasteiger partial charge in [0.2, 0.25) is 17.4 Å². The van der Waals surface area contributed by atoms with Gasteiger partial charge in [0.05, 0.1) is 19.6 Å². The smallest absolute Gasteiger partial charge is 0.460 e. The molecular formula is C24H22F17NO4S. The second-order valence-electron chi connectivity index (χ2n) is 10.5. The van der Waals surface area contributed by atoms with Crippen molar-refractivity contribution in [3.8, 4) is 0 Å². The summed E-state index contributed by atoms with van der Waals surface area (Å²) in [5.41, 5.74) is -1.80. The lowest BCUT2D eigenvalue weighted by molar-refractivity contribution is -0.461. The molecule has 2 atom stereocenters. The molecule has 0 N–H and O–H groups in total. The van der Waals surface area contributed by atoms with Gasteiger partial charge in [0.1, 0.15) is 5.25 Å². The average molecular weight is 743 g/mol. The Morgan fingerprint density at radius 1 is 0.766 bits per heavy atom. The molecule has 1 aliphatic heterocycles. The summed E-state index contributed by atoms with van der Waals surface area (Å²) >= 11 is -0.0330. The lowest BCUT2D eigenvalue weighted by Crippen LogP contribution is -2.74. The molecule has 0 bridgehead atoms. The summed E-state index contributed by atoms with van der Waals surface area (Å²) in [7, 11) is 1.97. The number of methoxy groups -OCH3 is 2. The van der Waals surface area contributed by atoms with E-state index in [1.165, 1.54) is 13.8 Å². The fraction of sp³-hybridized carbons (Fsp3) is 0.750. The van der Waals surface area contributed by atoms with Crippen LogP contribution in [0.1, 0.15) is 20.3 Å². The zero-order valence-electron chi connectivity index (χ0n) is 23.8. The third-order valence-corrected chi connectivity index (χ3v) is 8.71. The SMILES string of the molecule is COC1=C(OC)[C@@]2(C=CC1=O)CN(C(C)C)C(=O)[C@@H]2SCCC(F)(F)C(F)(F)C(F)(F)C(F)(F)C(F)(F)C(F)(F)C(F)(F)C(F)(F)F. The summed E-state index contributed by atoms with van der Waals surface area (Å²) in [5, 5.41) is -1.73. The third kappa shape index (κ3) is 5.68. The first kappa shape index (κ1) is 40.6. The quantitative estimate of drug-likeness (QED) is 0.185. The van der Waals surface area contributed by atoms with Gasteiger partial charge in [-0.25, -0.2) is 0 Å². The standard InChI is InChI=1S/C24H22F17NO4S/c1-10(2)42-9-16(6-5-11(43)12(45-3)13(16)46-4)14(15(42)44)47-8-7-17(25,26)18(27,28)19(29,30)20(31,32)21(33,34)22(35,36)23(37,38)24(39,40)41/h5-6,10,14H,7-9H2,1-4H3/t14-,16+/m0/s1. The Labute approximate surface area is 257 Å². The number of amides is 1. The molecule has 1 spiro atoms. The molecule has 1 aliphatic carbocycles. The van der Waals surface area contributed by atoms with E-state index in [1.54, 1.807) is 0 Å². The number of rotatable bonds is 13. The van der Waals surface area contributed by atoms with E-state index >= 15 is 0 Å². The van der Waals surface area contributed by atoms with Gasteiger partial charge in [-0.2, -0.15) is 74.6 Å². The monoisotopic (exact) mass is 743 g/mol. The topological polar surface area (TPSA) is 55.8 Å². The minimum Gasteiger partial charge on any atom is -0.496 e. The Morgan fingerprint density at radius 2 is 1.21 bits per heavy atom. The van der Waals surface area contributed by atoms with Crippen LogP contribution in [-0.4, -0.2) is 102 Å². The Morgan fingerprint density at radius 3 is 1.62 bits per heavy atom. The number of halogens is 17. The van der Waals surface area contributed by atoms with Crippen LogP contribution in [0, 0.1) is 5.41 Å².